The fraction of sp³-hybridized carbons (Fsp3) is 0.692. The van der Waals surface area contributed by atoms with Crippen molar-refractivity contribution in [2.45, 2.75) is 46.6 Å². The molecule has 96 valence electrons. The van der Waals surface area contributed by atoms with Gasteiger partial charge in [-0.15, -0.1) is 0 Å². The minimum atomic E-state index is 0.157. The van der Waals surface area contributed by atoms with Crippen LogP contribution in [0.4, 0.5) is 5.82 Å². The Hall–Kier alpha value is -1.32. The largest absolute Gasteiger partial charge is 0.474 e. The number of aryl methyl sites for hydroxylation is 1. The van der Waals surface area contributed by atoms with Gasteiger partial charge in [0.05, 0.1) is 6.10 Å². The van der Waals surface area contributed by atoms with Crippen LogP contribution < -0.4 is 10.1 Å². The minimum Gasteiger partial charge on any atom is -0.474 e. The van der Waals surface area contributed by atoms with Crippen molar-refractivity contribution in [3.05, 3.63) is 11.9 Å². The summed E-state index contributed by atoms with van der Waals surface area (Å²) in [6.07, 6.45) is 2.07. The van der Waals surface area contributed by atoms with Crippen molar-refractivity contribution in [3.63, 3.8) is 0 Å². The van der Waals surface area contributed by atoms with E-state index in [0.717, 1.165) is 24.5 Å². The zero-order chi connectivity index (χ0) is 12.8. The first-order valence-corrected chi connectivity index (χ1v) is 6.29. The Morgan fingerprint density at radius 2 is 2.00 bits per heavy atom. The van der Waals surface area contributed by atoms with Crippen LogP contribution in [0.2, 0.25) is 0 Å². The van der Waals surface area contributed by atoms with Crippen LogP contribution in [0.3, 0.4) is 0 Å². The number of hydrogen-bond donors (Lipinski definition) is 1. The van der Waals surface area contributed by atoms with Gasteiger partial charge in [0.15, 0.2) is 0 Å². The van der Waals surface area contributed by atoms with Crippen LogP contribution in [0.5, 0.6) is 5.88 Å². The molecule has 17 heavy (non-hydrogen) atoms. The molecule has 0 saturated carbocycles. The molecule has 0 aliphatic carbocycles. The number of ether oxygens (including phenoxy) is 1. The lowest BCUT2D eigenvalue weighted by molar-refractivity contribution is 0.163. The van der Waals surface area contributed by atoms with E-state index in [-0.39, 0.29) is 6.10 Å². The quantitative estimate of drug-likeness (QED) is 0.826. The average Bonchev–Trinajstić information content (AvgIpc) is 2.28. The van der Waals surface area contributed by atoms with Crippen molar-refractivity contribution in [3.8, 4) is 5.88 Å². The molecular weight excluding hydrogens is 214 g/mol. The molecule has 0 aromatic carbocycles. The zero-order valence-corrected chi connectivity index (χ0v) is 11.4. The summed E-state index contributed by atoms with van der Waals surface area (Å²) in [5.74, 6) is 2.78. The number of aromatic nitrogens is 2. The molecule has 0 spiro atoms. The number of hydrogen-bond acceptors (Lipinski definition) is 4. The van der Waals surface area contributed by atoms with E-state index >= 15 is 0 Å². The molecule has 4 heteroatoms. The van der Waals surface area contributed by atoms with Gasteiger partial charge in [0.1, 0.15) is 11.6 Å². The smallest absolute Gasteiger partial charge is 0.218 e. The number of nitrogens with one attached hydrogen (secondary N) is 1. The summed E-state index contributed by atoms with van der Waals surface area (Å²) in [4.78, 5) is 8.81. The molecule has 0 bridgehead atoms. The molecule has 0 saturated heterocycles. The van der Waals surface area contributed by atoms with Crippen molar-refractivity contribution in [1.82, 2.24) is 9.97 Å². The zero-order valence-electron chi connectivity index (χ0n) is 11.4. The van der Waals surface area contributed by atoms with E-state index in [0.29, 0.717) is 11.8 Å². The monoisotopic (exact) mass is 237 g/mol. The first kappa shape index (κ1) is 13.7. The molecule has 0 fully saturated rings. The van der Waals surface area contributed by atoms with Gasteiger partial charge in [-0.05, 0) is 19.3 Å². The molecule has 1 unspecified atom stereocenters. The van der Waals surface area contributed by atoms with Gasteiger partial charge >= 0.3 is 0 Å². The summed E-state index contributed by atoms with van der Waals surface area (Å²) in [5.41, 5.74) is 0. The number of nitrogens with zero attached hydrogens (tertiary/aromatic N) is 2. The molecule has 1 atom stereocenters. The molecule has 1 rings (SSSR count). The molecule has 4 nitrogen and oxygen atoms in total. The van der Waals surface area contributed by atoms with E-state index in [1.165, 1.54) is 0 Å². The lowest BCUT2D eigenvalue weighted by atomic mass is 10.1. The Kier molecular flexibility index (Phi) is 5.19. The second kappa shape index (κ2) is 6.42. The van der Waals surface area contributed by atoms with Crippen LogP contribution in [0.1, 0.15) is 39.9 Å². The van der Waals surface area contributed by atoms with Gasteiger partial charge in [0, 0.05) is 19.5 Å². The maximum absolute atomic E-state index is 5.81. The normalized spacial score (nSPS) is 12.6. The molecular formula is C13H23N3O. The molecule has 0 aliphatic heterocycles. The maximum Gasteiger partial charge on any atom is 0.218 e. The first-order chi connectivity index (χ1) is 8.06. The van der Waals surface area contributed by atoms with E-state index < -0.39 is 0 Å². The second-order valence-corrected chi connectivity index (χ2v) is 4.57. The van der Waals surface area contributed by atoms with Gasteiger partial charge in [0.25, 0.3) is 0 Å². The third-order valence-electron chi connectivity index (χ3n) is 2.72. The van der Waals surface area contributed by atoms with E-state index in [1.807, 2.05) is 13.1 Å². The summed E-state index contributed by atoms with van der Waals surface area (Å²) in [6, 6.07) is 1.85. The second-order valence-electron chi connectivity index (χ2n) is 4.57. The highest BCUT2D eigenvalue weighted by atomic mass is 16.5. The summed E-state index contributed by atoms with van der Waals surface area (Å²) in [5, 5.41) is 3.04. The highest BCUT2D eigenvalue weighted by molar-refractivity contribution is 5.37. The van der Waals surface area contributed by atoms with Crippen molar-refractivity contribution in [1.29, 1.82) is 0 Å². The van der Waals surface area contributed by atoms with E-state index in [4.69, 9.17) is 4.74 Å². The van der Waals surface area contributed by atoms with Gasteiger partial charge in [-0.3, -0.25) is 0 Å². The van der Waals surface area contributed by atoms with Gasteiger partial charge in [-0.1, -0.05) is 20.8 Å². The van der Waals surface area contributed by atoms with E-state index in [1.54, 1.807) is 0 Å². The third-order valence-corrected chi connectivity index (χ3v) is 2.72. The van der Waals surface area contributed by atoms with Crippen molar-refractivity contribution in [2.75, 3.05) is 12.4 Å². The summed E-state index contributed by atoms with van der Waals surface area (Å²) >= 11 is 0. The average molecular weight is 237 g/mol. The predicted molar refractivity (Wildman–Crippen MR) is 70.5 cm³/mol. The Morgan fingerprint density at radius 1 is 1.29 bits per heavy atom. The fourth-order valence-corrected chi connectivity index (χ4v) is 1.32. The standard InChI is InChI=1S/C13H23N3O/c1-6-7-11-15-12(14-5)8-13(16-11)17-10(4)9(2)3/h8-10H,6-7H2,1-5H3,(H,14,15,16). The van der Waals surface area contributed by atoms with Gasteiger partial charge in [0.2, 0.25) is 5.88 Å². The molecule has 1 aromatic rings. The van der Waals surface area contributed by atoms with E-state index in [2.05, 4.69) is 43.0 Å². The molecule has 1 heterocycles. The van der Waals surface area contributed by atoms with Crippen LogP contribution >= 0.6 is 0 Å². The highest BCUT2D eigenvalue weighted by Crippen LogP contribution is 2.17. The summed E-state index contributed by atoms with van der Waals surface area (Å²) in [6.45, 7) is 8.45. The van der Waals surface area contributed by atoms with Crippen molar-refractivity contribution in [2.24, 2.45) is 5.92 Å². The summed E-state index contributed by atoms with van der Waals surface area (Å²) < 4.78 is 5.81. The Bertz CT molecular complexity index is 353. The lowest BCUT2D eigenvalue weighted by Crippen LogP contribution is -2.19. The molecule has 1 aromatic heterocycles. The van der Waals surface area contributed by atoms with Crippen LogP contribution in [0.25, 0.3) is 0 Å². The number of anilines is 1. The molecule has 0 radical (unpaired) electrons. The SMILES string of the molecule is CCCc1nc(NC)cc(OC(C)C(C)C)n1. The topological polar surface area (TPSA) is 47.0 Å². The molecule has 1 N–H and O–H groups in total. The number of rotatable bonds is 6. The van der Waals surface area contributed by atoms with Crippen LogP contribution in [-0.2, 0) is 6.42 Å². The first-order valence-electron chi connectivity index (χ1n) is 6.29. The maximum atomic E-state index is 5.81. The van der Waals surface area contributed by atoms with Crippen LogP contribution in [0.15, 0.2) is 6.07 Å². The molecule has 0 aliphatic rings. The van der Waals surface area contributed by atoms with Gasteiger partial charge in [-0.2, -0.15) is 4.98 Å². The predicted octanol–water partition coefficient (Wildman–Crippen LogP) is 2.89. The van der Waals surface area contributed by atoms with Gasteiger partial charge < -0.3 is 10.1 Å². The van der Waals surface area contributed by atoms with Crippen molar-refractivity contribution >= 4 is 5.82 Å². The lowest BCUT2D eigenvalue weighted by Gasteiger charge is -2.18. The van der Waals surface area contributed by atoms with Crippen molar-refractivity contribution < 1.29 is 4.74 Å². The Labute approximate surface area is 104 Å². The summed E-state index contributed by atoms with van der Waals surface area (Å²) in [7, 11) is 1.85. The van der Waals surface area contributed by atoms with E-state index in [9.17, 15) is 0 Å². The third kappa shape index (κ3) is 4.21. The van der Waals surface area contributed by atoms with Crippen LogP contribution in [-0.4, -0.2) is 23.1 Å². The Balaban J connectivity index is 2.86. The minimum absolute atomic E-state index is 0.157. The van der Waals surface area contributed by atoms with Crippen LogP contribution in [0, 0.1) is 5.92 Å². The molecule has 0 amide bonds. The fourth-order valence-electron chi connectivity index (χ4n) is 1.32. The highest BCUT2D eigenvalue weighted by Gasteiger charge is 2.11. The van der Waals surface area contributed by atoms with Gasteiger partial charge in [-0.25, -0.2) is 4.98 Å². The Morgan fingerprint density at radius 3 is 2.53 bits per heavy atom.